The Kier molecular flexibility index (Phi) is 13.5. The molecule has 0 amide bonds. The number of methoxy groups -OCH3 is 2. The van der Waals surface area contributed by atoms with Crippen molar-refractivity contribution in [1.82, 2.24) is 9.97 Å². The van der Waals surface area contributed by atoms with Crippen molar-refractivity contribution in [3.05, 3.63) is 83.2 Å². The van der Waals surface area contributed by atoms with Crippen LogP contribution in [0, 0.1) is 27.7 Å². The molecule has 1 aliphatic rings. The second kappa shape index (κ2) is 16.9. The van der Waals surface area contributed by atoms with E-state index in [1.165, 1.54) is 11.1 Å². The lowest BCUT2D eigenvalue weighted by atomic mass is 10.0. The second-order valence-electron chi connectivity index (χ2n) is 11.9. The molecule has 0 bridgehead atoms. The van der Waals surface area contributed by atoms with Crippen molar-refractivity contribution < 1.29 is 35.4 Å². The number of hydrogen-bond donors (Lipinski definition) is 2. The number of pyridine rings is 2. The minimum Gasteiger partial charge on any atom is -0.496 e. The van der Waals surface area contributed by atoms with Crippen molar-refractivity contribution in [3.63, 3.8) is 0 Å². The Balaban J connectivity index is 0.000000571. The molecule has 5 rings (SSSR count). The maximum absolute atomic E-state index is 9.19. The van der Waals surface area contributed by atoms with Crippen LogP contribution < -0.4 is 19.3 Å². The molecule has 1 fully saturated rings. The number of benzene rings is 2. The van der Waals surface area contributed by atoms with E-state index in [2.05, 4.69) is 86.0 Å². The van der Waals surface area contributed by atoms with Crippen LogP contribution in [0.4, 0.5) is 11.6 Å². The maximum Gasteiger partial charge on any atom is 0.261 e. The number of aromatic nitrogens is 2. The summed E-state index contributed by atoms with van der Waals surface area (Å²) in [6.45, 7) is 12.1. The highest BCUT2D eigenvalue weighted by Crippen LogP contribution is 2.32. The minimum atomic E-state index is -3.67. The van der Waals surface area contributed by atoms with Gasteiger partial charge in [0.05, 0.1) is 26.7 Å². The van der Waals surface area contributed by atoms with Gasteiger partial charge in [0.2, 0.25) is 0 Å². The molecule has 2 aromatic heterocycles. The molecule has 1 aliphatic heterocycles. The first-order valence-corrected chi connectivity index (χ1v) is 19.2. The summed E-state index contributed by atoms with van der Waals surface area (Å²) in [4.78, 5) is 14.4. The summed E-state index contributed by atoms with van der Waals surface area (Å²) < 4.78 is 62.8. The zero-order chi connectivity index (χ0) is 36.5. The van der Waals surface area contributed by atoms with Crippen LogP contribution in [0.5, 0.6) is 11.5 Å². The molecule has 2 aromatic carbocycles. The van der Waals surface area contributed by atoms with Gasteiger partial charge in [-0.2, -0.15) is 16.8 Å². The molecule has 2 N–H and O–H groups in total. The molecule has 0 atom stereocenters. The minimum absolute atomic E-state index is 0.715. The van der Waals surface area contributed by atoms with Gasteiger partial charge >= 0.3 is 0 Å². The highest BCUT2D eigenvalue weighted by Gasteiger charge is 2.18. The lowest BCUT2D eigenvalue weighted by Crippen LogP contribution is -2.31. The fraction of sp³-hybridized carbons (Fsp3) is 0.371. The Labute approximate surface area is 290 Å². The van der Waals surface area contributed by atoms with Gasteiger partial charge in [0, 0.05) is 49.7 Å². The summed E-state index contributed by atoms with van der Waals surface area (Å²) in [5, 5.41) is 0. The van der Waals surface area contributed by atoms with E-state index in [1.807, 2.05) is 12.4 Å². The fourth-order valence-corrected chi connectivity index (χ4v) is 5.74. The predicted octanol–water partition coefficient (Wildman–Crippen LogP) is 5.79. The largest absolute Gasteiger partial charge is 0.496 e. The van der Waals surface area contributed by atoms with Gasteiger partial charge < -0.3 is 19.3 Å². The van der Waals surface area contributed by atoms with Gasteiger partial charge in [-0.1, -0.05) is 0 Å². The summed E-state index contributed by atoms with van der Waals surface area (Å²) in [6.07, 6.45) is 6.46. The van der Waals surface area contributed by atoms with E-state index in [4.69, 9.17) is 28.5 Å². The first kappa shape index (κ1) is 39.2. The van der Waals surface area contributed by atoms with Crippen LogP contribution in [-0.2, 0) is 20.2 Å². The molecule has 266 valence electrons. The molecule has 12 nitrogen and oxygen atoms in total. The Morgan fingerprint density at radius 2 is 0.878 bits per heavy atom. The van der Waals surface area contributed by atoms with Crippen molar-refractivity contribution in [2.24, 2.45) is 0 Å². The third-order valence-electron chi connectivity index (χ3n) is 7.64. The quantitative estimate of drug-likeness (QED) is 0.232. The average Bonchev–Trinajstić information content (AvgIpc) is 3.26. The van der Waals surface area contributed by atoms with E-state index in [1.54, 1.807) is 14.2 Å². The molecule has 0 spiro atoms. The van der Waals surface area contributed by atoms with Gasteiger partial charge in [-0.3, -0.25) is 9.11 Å². The molecule has 14 heteroatoms. The molecule has 0 aliphatic carbocycles. The first-order chi connectivity index (χ1) is 22.9. The van der Waals surface area contributed by atoms with Crippen LogP contribution in [0.1, 0.15) is 28.7 Å². The lowest BCUT2D eigenvalue weighted by molar-refractivity contribution is 0.408. The van der Waals surface area contributed by atoms with E-state index >= 15 is 0 Å². The van der Waals surface area contributed by atoms with Crippen LogP contribution >= 0.6 is 0 Å². The van der Waals surface area contributed by atoms with Gasteiger partial charge in [-0.25, -0.2) is 9.97 Å². The predicted molar refractivity (Wildman–Crippen MR) is 195 cm³/mol. The third-order valence-corrected chi connectivity index (χ3v) is 7.64. The summed E-state index contributed by atoms with van der Waals surface area (Å²) in [6, 6.07) is 17.3. The summed E-state index contributed by atoms with van der Waals surface area (Å²) in [5.74, 6) is 3.95. The molecular formula is C35H46N4O8S2. The molecule has 4 aromatic rings. The van der Waals surface area contributed by atoms with E-state index in [0.717, 1.165) is 89.1 Å². The Morgan fingerprint density at radius 3 is 1.12 bits per heavy atom. The summed E-state index contributed by atoms with van der Waals surface area (Å²) in [5.41, 5.74) is 9.13. The average molecular weight is 715 g/mol. The highest BCUT2D eigenvalue weighted by atomic mass is 32.2. The second-order valence-corrected chi connectivity index (χ2v) is 14.8. The molecular weight excluding hydrogens is 669 g/mol. The zero-order valence-corrected chi connectivity index (χ0v) is 30.9. The van der Waals surface area contributed by atoms with Crippen molar-refractivity contribution in [2.45, 2.75) is 34.1 Å². The third kappa shape index (κ3) is 12.3. The normalized spacial score (nSPS) is 13.3. The summed E-state index contributed by atoms with van der Waals surface area (Å²) in [7, 11) is -3.88. The van der Waals surface area contributed by atoms with Gasteiger partial charge in [0.25, 0.3) is 20.2 Å². The van der Waals surface area contributed by atoms with Gasteiger partial charge in [-0.05, 0) is 116 Å². The summed E-state index contributed by atoms with van der Waals surface area (Å²) >= 11 is 0. The SMILES string of the molecule is COc1c(C)cc(-c2ccc(N3CCCN(c4ccc(-c5cc(C)c(OC)c(C)c5)cn4)CC3)nc2)cc1C.CS(=O)(=O)O.CS(=O)(=O)O. The number of rotatable bonds is 6. The van der Waals surface area contributed by atoms with Crippen molar-refractivity contribution in [1.29, 1.82) is 0 Å². The maximum atomic E-state index is 9.19. The van der Waals surface area contributed by atoms with Crippen LogP contribution in [0.2, 0.25) is 0 Å². The molecule has 0 unspecified atom stereocenters. The Hall–Kier alpha value is -4.24. The van der Waals surface area contributed by atoms with Crippen molar-refractivity contribution >= 4 is 31.9 Å². The van der Waals surface area contributed by atoms with Crippen LogP contribution in [0.25, 0.3) is 22.3 Å². The number of aryl methyl sites for hydroxylation is 4. The van der Waals surface area contributed by atoms with E-state index < -0.39 is 20.2 Å². The first-order valence-electron chi connectivity index (χ1n) is 15.5. The van der Waals surface area contributed by atoms with Crippen molar-refractivity contribution in [2.75, 3.05) is 62.7 Å². The molecule has 3 heterocycles. The topological polar surface area (TPSA) is 159 Å². The Morgan fingerprint density at radius 1 is 0.571 bits per heavy atom. The molecule has 0 radical (unpaired) electrons. The molecule has 1 saturated heterocycles. The molecule has 0 saturated carbocycles. The lowest BCUT2D eigenvalue weighted by Gasteiger charge is -2.24. The van der Waals surface area contributed by atoms with E-state index in [0.29, 0.717) is 12.5 Å². The number of ether oxygens (including phenoxy) is 2. The van der Waals surface area contributed by atoms with Gasteiger partial charge in [-0.15, -0.1) is 0 Å². The monoisotopic (exact) mass is 714 g/mol. The fourth-order valence-electron chi connectivity index (χ4n) is 5.74. The smallest absolute Gasteiger partial charge is 0.261 e. The zero-order valence-electron chi connectivity index (χ0n) is 29.3. The van der Waals surface area contributed by atoms with Crippen LogP contribution in [0.3, 0.4) is 0 Å². The van der Waals surface area contributed by atoms with Crippen LogP contribution in [0.15, 0.2) is 60.9 Å². The van der Waals surface area contributed by atoms with Crippen molar-refractivity contribution in [3.8, 4) is 33.8 Å². The van der Waals surface area contributed by atoms with E-state index in [-0.39, 0.29) is 0 Å². The number of nitrogens with zero attached hydrogens (tertiary/aromatic N) is 4. The van der Waals surface area contributed by atoms with Crippen LogP contribution in [-0.4, -0.2) is 88.8 Å². The number of hydrogen-bond acceptors (Lipinski definition) is 10. The standard InChI is InChI=1S/C33H38N4O2.2CH4O3S/c1-22-16-28(17-23(2)32(22)38-5)26-8-10-30(34-20-26)36-12-7-13-37(15-14-36)31-11-9-27(21-35-31)29-18-24(3)33(39-6)25(4)19-29;2*1-5(2,3)4/h8-11,16-21H,7,12-15H2,1-6H3;2*1H3,(H,2,3,4). The Bertz CT molecular complexity index is 1730. The number of anilines is 2. The van der Waals surface area contributed by atoms with Gasteiger partial charge in [0.15, 0.2) is 0 Å². The molecule has 49 heavy (non-hydrogen) atoms. The van der Waals surface area contributed by atoms with Gasteiger partial charge in [0.1, 0.15) is 23.1 Å². The highest BCUT2D eigenvalue weighted by molar-refractivity contribution is 7.85. The van der Waals surface area contributed by atoms with E-state index in [9.17, 15) is 16.8 Å².